The maximum Gasteiger partial charge on any atom is 0.0839 e. The van der Waals surface area contributed by atoms with E-state index in [-0.39, 0.29) is 11.6 Å². The van der Waals surface area contributed by atoms with Crippen LogP contribution in [0.3, 0.4) is 0 Å². The minimum Gasteiger partial charge on any atom is -0.390 e. The van der Waals surface area contributed by atoms with Gasteiger partial charge < -0.3 is 15.3 Å². The number of aliphatic hydroxyl groups excluding tert-OH is 1. The van der Waals surface area contributed by atoms with Gasteiger partial charge in [-0.05, 0) is 45.7 Å². The first-order valence-electron chi connectivity index (χ1n) is 7.05. The van der Waals surface area contributed by atoms with E-state index >= 15 is 0 Å². The normalized spacial score (nSPS) is 23.3. The third-order valence-corrected chi connectivity index (χ3v) is 3.97. The summed E-state index contributed by atoms with van der Waals surface area (Å²) in [5.74, 6) is 0. The Balaban J connectivity index is 2.48. The van der Waals surface area contributed by atoms with E-state index in [1.165, 1.54) is 22.4 Å². The van der Waals surface area contributed by atoms with Crippen molar-refractivity contribution in [1.29, 1.82) is 0 Å². The lowest BCUT2D eigenvalue weighted by atomic mass is 9.97. The molecule has 1 fully saturated rings. The molecule has 1 unspecified atom stereocenters. The van der Waals surface area contributed by atoms with E-state index in [9.17, 15) is 5.11 Å². The van der Waals surface area contributed by atoms with Gasteiger partial charge in [-0.2, -0.15) is 0 Å². The largest absolute Gasteiger partial charge is 0.390 e. The van der Waals surface area contributed by atoms with Gasteiger partial charge in [0.25, 0.3) is 0 Å². The van der Waals surface area contributed by atoms with Crippen LogP contribution in [0.2, 0.25) is 0 Å². The molecule has 2 rings (SSSR count). The summed E-state index contributed by atoms with van der Waals surface area (Å²) in [6.07, 6.45) is -0.318. The van der Waals surface area contributed by atoms with Crippen LogP contribution in [0.4, 0.5) is 5.69 Å². The zero-order valence-electron chi connectivity index (χ0n) is 12.7. The van der Waals surface area contributed by atoms with Crippen molar-refractivity contribution in [3.05, 3.63) is 28.8 Å². The number of nitrogens with zero attached hydrogens (tertiary/aromatic N) is 1. The minimum atomic E-state index is -0.318. The SMILES string of the molecule is Cc1cc(C)c(N2CC(O)CNCC2(C)C)c(C)c1. The van der Waals surface area contributed by atoms with Gasteiger partial charge in [0.15, 0.2) is 0 Å². The maximum atomic E-state index is 10.1. The van der Waals surface area contributed by atoms with Gasteiger partial charge in [0.1, 0.15) is 0 Å². The van der Waals surface area contributed by atoms with E-state index in [0.29, 0.717) is 13.1 Å². The predicted molar refractivity (Wildman–Crippen MR) is 81.0 cm³/mol. The predicted octanol–water partition coefficient (Wildman–Crippen LogP) is 2.16. The lowest BCUT2D eigenvalue weighted by molar-refractivity contribution is 0.183. The summed E-state index contributed by atoms with van der Waals surface area (Å²) >= 11 is 0. The van der Waals surface area contributed by atoms with Crippen molar-refractivity contribution in [2.24, 2.45) is 0 Å². The molecule has 1 heterocycles. The molecule has 1 saturated heterocycles. The third kappa shape index (κ3) is 2.93. The molecule has 3 heteroatoms. The highest BCUT2D eigenvalue weighted by molar-refractivity contribution is 5.62. The fourth-order valence-corrected chi connectivity index (χ4v) is 3.15. The molecule has 1 aliphatic rings. The van der Waals surface area contributed by atoms with Crippen molar-refractivity contribution in [2.45, 2.75) is 46.3 Å². The van der Waals surface area contributed by atoms with Crippen molar-refractivity contribution >= 4 is 5.69 Å². The zero-order valence-corrected chi connectivity index (χ0v) is 12.7. The highest BCUT2D eigenvalue weighted by Crippen LogP contribution is 2.32. The van der Waals surface area contributed by atoms with E-state index in [1.807, 2.05) is 0 Å². The Morgan fingerprint density at radius 3 is 2.37 bits per heavy atom. The molecule has 1 aromatic carbocycles. The van der Waals surface area contributed by atoms with Gasteiger partial charge in [0.05, 0.1) is 6.10 Å². The van der Waals surface area contributed by atoms with E-state index in [2.05, 4.69) is 57.0 Å². The molecule has 0 aliphatic carbocycles. The Morgan fingerprint density at radius 1 is 1.21 bits per heavy atom. The fourth-order valence-electron chi connectivity index (χ4n) is 3.15. The van der Waals surface area contributed by atoms with Crippen molar-refractivity contribution < 1.29 is 5.11 Å². The molecule has 0 bridgehead atoms. The van der Waals surface area contributed by atoms with Crippen LogP contribution in [0.15, 0.2) is 12.1 Å². The number of nitrogens with one attached hydrogen (secondary N) is 1. The Bertz CT molecular complexity index is 445. The topological polar surface area (TPSA) is 35.5 Å². The summed E-state index contributed by atoms with van der Waals surface area (Å²) in [6, 6.07) is 4.45. The molecular formula is C16H26N2O. The molecule has 0 amide bonds. The monoisotopic (exact) mass is 262 g/mol. The second kappa shape index (κ2) is 5.14. The summed E-state index contributed by atoms with van der Waals surface area (Å²) in [7, 11) is 0. The molecule has 1 atom stereocenters. The molecular weight excluding hydrogens is 236 g/mol. The van der Waals surface area contributed by atoms with Gasteiger partial charge in [0.2, 0.25) is 0 Å². The molecule has 0 aromatic heterocycles. The Morgan fingerprint density at radius 2 is 1.79 bits per heavy atom. The minimum absolute atomic E-state index is 0.00224. The number of anilines is 1. The first kappa shape index (κ1) is 14.4. The summed E-state index contributed by atoms with van der Waals surface area (Å²) in [5, 5.41) is 13.4. The van der Waals surface area contributed by atoms with Crippen LogP contribution in [0, 0.1) is 20.8 Å². The third-order valence-electron chi connectivity index (χ3n) is 3.97. The summed E-state index contributed by atoms with van der Waals surface area (Å²) < 4.78 is 0. The maximum absolute atomic E-state index is 10.1. The lowest BCUT2D eigenvalue weighted by Gasteiger charge is -2.41. The van der Waals surface area contributed by atoms with Gasteiger partial charge >= 0.3 is 0 Å². The molecule has 0 radical (unpaired) electrons. The van der Waals surface area contributed by atoms with Gasteiger partial charge in [-0.1, -0.05) is 17.7 Å². The highest BCUT2D eigenvalue weighted by Gasteiger charge is 2.32. The van der Waals surface area contributed by atoms with Crippen LogP contribution in [-0.2, 0) is 0 Å². The number of benzene rings is 1. The van der Waals surface area contributed by atoms with Crippen molar-refractivity contribution in [1.82, 2.24) is 5.32 Å². The van der Waals surface area contributed by atoms with Crippen LogP contribution in [0.1, 0.15) is 30.5 Å². The van der Waals surface area contributed by atoms with Gasteiger partial charge in [0, 0.05) is 30.9 Å². The first-order chi connectivity index (χ1) is 8.81. The molecule has 3 nitrogen and oxygen atoms in total. The van der Waals surface area contributed by atoms with Gasteiger partial charge in [-0.3, -0.25) is 0 Å². The number of rotatable bonds is 1. The molecule has 0 spiro atoms. The Hall–Kier alpha value is -1.06. The van der Waals surface area contributed by atoms with Crippen molar-refractivity contribution in [3.8, 4) is 0 Å². The second-order valence-electron chi connectivity index (χ2n) is 6.46. The van der Waals surface area contributed by atoms with Crippen LogP contribution >= 0.6 is 0 Å². The summed E-state index contributed by atoms with van der Waals surface area (Å²) in [4.78, 5) is 2.36. The number of aliphatic hydroxyl groups is 1. The fraction of sp³-hybridized carbons (Fsp3) is 0.625. The summed E-state index contributed by atoms with van der Waals surface area (Å²) in [6.45, 7) is 13.2. The molecule has 1 aromatic rings. The molecule has 2 N–H and O–H groups in total. The van der Waals surface area contributed by atoms with E-state index in [4.69, 9.17) is 0 Å². The molecule has 1 aliphatic heterocycles. The van der Waals surface area contributed by atoms with E-state index in [1.54, 1.807) is 0 Å². The van der Waals surface area contributed by atoms with Crippen LogP contribution < -0.4 is 10.2 Å². The van der Waals surface area contributed by atoms with Gasteiger partial charge in [-0.15, -0.1) is 0 Å². The molecule has 0 saturated carbocycles. The number of aryl methyl sites for hydroxylation is 3. The zero-order chi connectivity index (χ0) is 14.2. The van der Waals surface area contributed by atoms with Crippen molar-refractivity contribution in [2.75, 3.05) is 24.5 Å². The smallest absolute Gasteiger partial charge is 0.0839 e. The second-order valence-corrected chi connectivity index (χ2v) is 6.46. The van der Waals surface area contributed by atoms with Crippen molar-refractivity contribution in [3.63, 3.8) is 0 Å². The molecule has 106 valence electrons. The lowest BCUT2D eigenvalue weighted by Crippen LogP contribution is -2.50. The van der Waals surface area contributed by atoms with E-state index < -0.39 is 0 Å². The van der Waals surface area contributed by atoms with Crippen LogP contribution in [0.5, 0.6) is 0 Å². The number of hydrogen-bond acceptors (Lipinski definition) is 3. The summed E-state index contributed by atoms with van der Waals surface area (Å²) in [5.41, 5.74) is 5.16. The average Bonchev–Trinajstić information content (AvgIpc) is 2.37. The van der Waals surface area contributed by atoms with Crippen LogP contribution in [0.25, 0.3) is 0 Å². The number of β-amino-alcohol motifs (C(OH)–C–C–N with tert-alkyl or cyclic N) is 1. The number of hydrogen-bond donors (Lipinski definition) is 2. The first-order valence-corrected chi connectivity index (χ1v) is 7.05. The van der Waals surface area contributed by atoms with Gasteiger partial charge in [-0.25, -0.2) is 0 Å². The average molecular weight is 262 g/mol. The standard InChI is InChI=1S/C16H26N2O/c1-11-6-12(2)15(13(3)7-11)18-9-14(19)8-17-10-16(18,4)5/h6-7,14,17,19H,8-10H2,1-5H3. The Kier molecular flexibility index (Phi) is 3.88. The molecule has 19 heavy (non-hydrogen) atoms. The highest BCUT2D eigenvalue weighted by atomic mass is 16.3. The quantitative estimate of drug-likeness (QED) is 0.814. The Labute approximate surface area is 116 Å². The van der Waals surface area contributed by atoms with E-state index in [0.717, 1.165) is 6.54 Å². The van der Waals surface area contributed by atoms with Crippen LogP contribution in [-0.4, -0.2) is 36.4 Å².